The summed E-state index contributed by atoms with van der Waals surface area (Å²) in [5.74, 6) is 0.702. The van der Waals surface area contributed by atoms with Crippen LogP contribution in [-0.4, -0.2) is 49.6 Å². The molecule has 2 aliphatic rings. The molecule has 0 bridgehead atoms. The average Bonchev–Trinajstić information content (AvgIpc) is 2.84. The fraction of sp³-hybridized carbons (Fsp3) is 0.407. The predicted octanol–water partition coefficient (Wildman–Crippen LogP) is 3.90. The maximum absolute atomic E-state index is 13.3. The van der Waals surface area contributed by atoms with E-state index in [9.17, 15) is 14.0 Å². The predicted molar refractivity (Wildman–Crippen MR) is 127 cm³/mol. The molecule has 34 heavy (non-hydrogen) atoms. The molecule has 2 amide bonds. The number of nitrogens with zero attached hydrogens (tertiary/aromatic N) is 1. The lowest BCUT2D eigenvalue weighted by atomic mass is 9.75. The van der Waals surface area contributed by atoms with Gasteiger partial charge < -0.3 is 19.7 Å². The Morgan fingerprint density at radius 2 is 1.94 bits per heavy atom. The Morgan fingerprint density at radius 3 is 2.76 bits per heavy atom. The van der Waals surface area contributed by atoms with Crippen molar-refractivity contribution in [3.63, 3.8) is 0 Å². The lowest BCUT2D eigenvalue weighted by Gasteiger charge is -2.41. The minimum Gasteiger partial charge on any atom is -0.493 e. The number of likely N-dealkylation sites (tertiary alicyclic amines) is 1. The van der Waals surface area contributed by atoms with E-state index in [0.29, 0.717) is 25.4 Å². The van der Waals surface area contributed by atoms with Crippen molar-refractivity contribution < 1.29 is 23.5 Å². The van der Waals surface area contributed by atoms with E-state index in [1.165, 1.54) is 12.1 Å². The van der Waals surface area contributed by atoms with Crippen molar-refractivity contribution in [2.24, 2.45) is 5.41 Å². The monoisotopic (exact) mass is 466 g/mol. The molecule has 0 saturated carbocycles. The normalized spacial score (nSPS) is 18.1. The number of carbonyl (C=O) groups excluding carboxylic acids is 2. The van der Waals surface area contributed by atoms with E-state index < -0.39 is 0 Å². The molecule has 0 aliphatic carbocycles. The molecule has 1 saturated heterocycles. The van der Waals surface area contributed by atoms with Crippen LogP contribution in [0.1, 0.15) is 31.2 Å². The third-order valence-electron chi connectivity index (χ3n) is 6.60. The van der Waals surface area contributed by atoms with Crippen molar-refractivity contribution >= 4 is 11.8 Å². The minimum absolute atomic E-state index is 0.00721. The number of rotatable bonds is 4. The van der Waals surface area contributed by atoms with Gasteiger partial charge in [0.05, 0.1) is 13.0 Å². The zero-order valence-corrected chi connectivity index (χ0v) is 19.3. The molecule has 1 spiro atoms. The van der Waals surface area contributed by atoms with E-state index in [1.54, 1.807) is 12.1 Å². The summed E-state index contributed by atoms with van der Waals surface area (Å²) in [4.78, 5) is 26.9. The smallest absolute Gasteiger partial charge is 0.257 e. The highest BCUT2D eigenvalue weighted by atomic mass is 19.1. The minimum atomic E-state index is -0.362. The van der Waals surface area contributed by atoms with E-state index in [4.69, 9.17) is 9.47 Å². The standard InChI is InChI=1S/C27H31FN2O4/c28-22-8-5-9-23(18-22)33-17-11-26(32)30-15-13-27(14-16-30)12-4-3-7-21-6-1-2-10-24(21)34-19-25(31)29-20-27/h1-6,8-10,18H,7,11-17,19-20H2,(H,29,31). The summed E-state index contributed by atoms with van der Waals surface area (Å²) < 4.78 is 24.5. The number of allylic oxidation sites excluding steroid dienone is 2. The molecule has 2 aliphatic heterocycles. The molecule has 0 unspecified atom stereocenters. The quantitative estimate of drug-likeness (QED) is 0.694. The molecule has 1 N–H and O–H groups in total. The molecule has 2 aromatic rings. The second kappa shape index (κ2) is 11.2. The number of hydrogen-bond donors (Lipinski definition) is 1. The van der Waals surface area contributed by atoms with Crippen LogP contribution in [0.15, 0.2) is 60.7 Å². The van der Waals surface area contributed by atoms with Gasteiger partial charge in [-0.05, 0) is 54.9 Å². The lowest BCUT2D eigenvalue weighted by Crippen LogP contribution is -2.48. The Morgan fingerprint density at radius 1 is 1.12 bits per heavy atom. The van der Waals surface area contributed by atoms with E-state index in [-0.39, 0.29) is 42.7 Å². The van der Waals surface area contributed by atoms with Crippen LogP contribution >= 0.6 is 0 Å². The molecule has 0 radical (unpaired) electrons. The third kappa shape index (κ3) is 6.37. The van der Waals surface area contributed by atoms with Gasteiger partial charge >= 0.3 is 0 Å². The van der Waals surface area contributed by atoms with Gasteiger partial charge in [-0.3, -0.25) is 9.59 Å². The van der Waals surface area contributed by atoms with Crippen LogP contribution in [0.3, 0.4) is 0 Å². The molecule has 7 heteroatoms. The fourth-order valence-electron chi connectivity index (χ4n) is 4.49. The van der Waals surface area contributed by atoms with Crippen molar-refractivity contribution in [3.05, 3.63) is 72.1 Å². The number of halogens is 1. The molecule has 4 rings (SSSR count). The zero-order chi connectivity index (χ0) is 23.8. The fourth-order valence-corrected chi connectivity index (χ4v) is 4.49. The topological polar surface area (TPSA) is 67.9 Å². The van der Waals surface area contributed by atoms with Crippen LogP contribution in [0.25, 0.3) is 0 Å². The SMILES string of the molecule is O=C1COc2ccccc2CC=CCC2(CCN(C(=O)CCOc3cccc(F)c3)CC2)CN1. The number of hydrogen-bond acceptors (Lipinski definition) is 4. The molecular weight excluding hydrogens is 435 g/mol. The Balaban J connectivity index is 1.31. The summed E-state index contributed by atoms with van der Waals surface area (Å²) in [7, 11) is 0. The summed E-state index contributed by atoms with van der Waals surface area (Å²) >= 11 is 0. The highest BCUT2D eigenvalue weighted by Crippen LogP contribution is 2.35. The van der Waals surface area contributed by atoms with Gasteiger partial charge in [-0.15, -0.1) is 0 Å². The lowest BCUT2D eigenvalue weighted by molar-refractivity contribution is -0.134. The van der Waals surface area contributed by atoms with E-state index in [0.717, 1.165) is 37.0 Å². The van der Waals surface area contributed by atoms with Crippen molar-refractivity contribution in [3.8, 4) is 11.5 Å². The van der Waals surface area contributed by atoms with Gasteiger partial charge in [-0.1, -0.05) is 36.4 Å². The Kier molecular flexibility index (Phi) is 7.83. The van der Waals surface area contributed by atoms with Crippen LogP contribution in [-0.2, 0) is 16.0 Å². The Labute approximate surface area is 199 Å². The number of benzene rings is 2. The molecule has 6 nitrogen and oxygen atoms in total. The first-order valence-electron chi connectivity index (χ1n) is 11.8. The third-order valence-corrected chi connectivity index (χ3v) is 6.60. The molecule has 2 heterocycles. The molecule has 0 atom stereocenters. The number of nitrogens with one attached hydrogen (secondary N) is 1. The molecular formula is C27H31FN2O4. The van der Waals surface area contributed by atoms with Crippen molar-refractivity contribution in [2.45, 2.75) is 32.1 Å². The van der Waals surface area contributed by atoms with Crippen molar-refractivity contribution in [1.82, 2.24) is 10.2 Å². The van der Waals surface area contributed by atoms with Crippen molar-refractivity contribution in [1.29, 1.82) is 0 Å². The van der Waals surface area contributed by atoms with E-state index in [1.807, 2.05) is 29.2 Å². The zero-order valence-electron chi connectivity index (χ0n) is 19.3. The van der Waals surface area contributed by atoms with Gasteiger partial charge in [0, 0.05) is 25.7 Å². The van der Waals surface area contributed by atoms with Crippen LogP contribution in [0, 0.1) is 11.2 Å². The first kappa shape index (κ1) is 23.8. The van der Waals surface area contributed by atoms with Gasteiger partial charge in [-0.2, -0.15) is 0 Å². The summed E-state index contributed by atoms with van der Waals surface area (Å²) in [5, 5.41) is 3.04. The van der Waals surface area contributed by atoms with Crippen LogP contribution < -0.4 is 14.8 Å². The van der Waals surface area contributed by atoms with Gasteiger partial charge in [0.25, 0.3) is 5.91 Å². The number of para-hydroxylation sites is 1. The van der Waals surface area contributed by atoms with Crippen LogP contribution in [0.5, 0.6) is 11.5 Å². The maximum atomic E-state index is 13.3. The number of carbonyl (C=O) groups is 2. The summed E-state index contributed by atoms with van der Waals surface area (Å²) in [6.45, 7) is 2.05. The first-order chi connectivity index (χ1) is 16.5. The highest BCUT2D eigenvalue weighted by Gasteiger charge is 2.35. The highest BCUT2D eigenvalue weighted by molar-refractivity contribution is 5.78. The summed E-state index contributed by atoms with van der Waals surface area (Å²) in [6.07, 6.45) is 7.82. The summed E-state index contributed by atoms with van der Waals surface area (Å²) in [6, 6.07) is 13.7. The average molecular weight is 467 g/mol. The van der Waals surface area contributed by atoms with Crippen LogP contribution in [0.4, 0.5) is 4.39 Å². The van der Waals surface area contributed by atoms with Gasteiger partial charge in [-0.25, -0.2) is 4.39 Å². The number of ether oxygens (including phenoxy) is 2. The molecule has 0 aromatic heterocycles. The van der Waals surface area contributed by atoms with Gasteiger partial charge in [0.2, 0.25) is 5.91 Å². The Hall–Kier alpha value is -3.35. The largest absolute Gasteiger partial charge is 0.493 e. The van der Waals surface area contributed by atoms with Crippen molar-refractivity contribution in [2.75, 3.05) is 32.8 Å². The van der Waals surface area contributed by atoms with Crippen LogP contribution in [0.2, 0.25) is 0 Å². The molecule has 2 aromatic carbocycles. The second-order valence-corrected chi connectivity index (χ2v) is 8.99. The van der Waals surface area contributed by atoms with E-state index >= 15 is 0 Å². The number of amides is 2. The number of piperidine rings is 1. The van der Waals surface area contributed by atoms with E-state index in [2.05, 4.69) is 17.5 Å². The van der Waals surface area contributed by atoms with Gasteiger partial charge in [0.15, 0.2) is 6.61 Å². The molecule has 1 fully saturated rings. The maximum Gasteiger partial charge on any atom is 0.257 e. The Bertz CT molecular complexity index is 1030. The second-order valence-electron chi connectivity index (χ2n) is 8.99. The number of fused-ring (bicyclic) bond motifs is 1. The van der Waals surface area contributed by atoms with Gasteiger partial charge in [0.1, 0.15) is 17.3 Å². The molecule has 180 valence electrons. The summed E-state index contributed by atoms with van der Waals surface area (Å²) in [5.41, 5.74) is 0.974. The first-order valence-corrected chi connectivity index (χ1v) is 11.8.